The van der Waals surface area contributed by atoms with Gasteiger partial charge in [0, 0.05) is 12.2 Å². The van der Waals surface area contributed by atoms with Gasteiger partial charge in [0.05, 0.1) is 0 Å². The number of carboxylic acids is 1. The first kappa shape index (κ1) is 15.4. The predicted octanol–water partition coefficient (Wildman–Crippen LogP) is 2.87. The van der Waals surface area contributed by atoms with Crippen LogP contribution in [0.5, 0.6) is 0 Å². The summed E-state index contributed by atoms with van der Waals surface area (Å²) in [5.41, 5.74) is 0.804. The Bertz CT molecular complexity index is 492. The Labute approximate surface area is 125 Å². The summed E-state index contributed by atoms with van der Waals surface area (Å²) in [7, 11) is 0. The SMILES string of the molecule is CCC1(CNC(=O)N(CC(=O)O)c2ccccc2)CCC1. The molecule has 1 aromatic carbocycles. The fourth-order valence-electron chi connectivity index (χ4n) is 2.71. The number of nitrogens with one attached hydrogen (secondary N) is 1. The van der Waals surface area contributed by atoms with Crippen LogP contribution in [0.1, 0.15) is 32.6 Å². The second-order valence-corrected chi connectivity index (χ2v) is 5.68. The molecule has 0 atom stereocenters. The molecule has 0 radical (unpaired) electrons. The number of anilines is 1. The maximum atomic E-state index is 12.3. The lowest BCUT2D eigenvalue weighted by Gasteiger charge is -2.41. The van der Waals surface area contributed by atoms with Crippen molar-refractivity contribution in [3.63, 3.8) is 0 Å². The number of rotatable bonds is 6. The number of hydrogen-bond donors (Lipinski definition) is 2. The predicted molar refractivity (Wildman–Crippen MR) is 81.4 cm³/mol. The van der Waals surface area contributed by atoms with E-state index in [1.807, 2.05) is 6.07 Å². The molecule has 0 saturated heterocycles. The molecule has 5 nitrogen and oxygen atoms in total. The number of hydrogen-bond acceptors (Lipinski definition) is 2. The number of benzene rings is 1. The molecule has 2 amide bonds. The van der Waals surface area contributed by atoms with E-state index in [0.29, 0.717) is 12.2 Å². The zero-order valence-corrected chi connectivity index (χ0v) is 12.3. The van der Waals surface area contributed by atoms with Crippen molar-refractivity contribution in [1.82, 2.24) is 5.32 Å². The topological polar surface area (TPSA) is 69.6 Å². The Morgan fingerprint density at radius 3 is 2.43 bits per heavy atom. The van der Waals surface area contributed by atoms with Crippen molar-refractivity contribution in [3.8, 4) is 0 Å². The van der Waals surface area contributed by atoms with Gasteiger partial charge in [0.25, 0.3) is 0 Å². The summed E-state index contributed by atoms with van der Waals surface area (Å²) in [6, 6.07) is 8.54. The van der Waals surface area contributed by atoms with Crippen molar-refractivity contribution >= 4 is 17.7 Å². The van der Waals surface area contributed by atoms with Crippen molar-refractivity contribution in [2.45, 2.75) is 32.6 Å². The van der Waals surface area contributed by atoms with E-state index in [9.17, 15) is 9.59 Å². The molecule has 0 bridgehead atoms. The van der Waals surface area contributed by atoms with Gasteiger partial charge in [0.1, 0.15) is 6.54 Å². The third kappa shape index (κ3) is 3.74. The highest BCUT2D eigenvalue weighted by Crippen LogP contribution is 2.43. The number of amides is 2. The average molecular weight is 290 g/mol. The average Bonchev–Trinajstić information content (AvgIpc) is 2.44. The fourth-order valence-corrected chi connectivity index (χ4v) is 2.71. The van der Waals surface area contributed by atoms with Crippen molar-refractivity contribution < 1.29 is 14.7 Å². The summed E-state index contributed by atoms with van der Waals surface area (Å²) in [5.74, 6) is -1.03. The normalized spacial score (nSPS) is 15.9. The molecule has 5 heteroatoms. The molecule has 1 saturated carbocycles. The summed E-state index contributed by atoms with van der Waals surface area (Å²) < 4.78 is 0. The maximum Gasteiger partial charge on any atom is 0.323 e. The molecule has 2 rings (SSSR count). The minimum absolute atomic E-state index is 0.210. The van der Waals surface area contributed by atoms with Gasteiger partial charge in [-0.25, -0.2) is 4.79 Å². The largest absolute Gasteiger partial charge is 0.480 e. The lowest BCUT2D eigenvalue weighted by molar-refractivity contribution is -0.135. The Kier molecular flexibility index (Phi) is 4.83. The zero-order chi connectivity index (χ0) is 15.3. The zero-order valence-electron chi connectivity index (χ0n) is 12.3. The van der Waals surface area contributed by atoms with E-state index in [1.54, 1.807) is 24.3 Å². The molecule has 1 aliphatic carbocycles. The van der Waals surface area contributed by atoms with E-state index in [4.69, 9.17) is 5.11 Å². The number of carboxylic acid groups (broad SMARTS) is 1. The standard InChI is InChI=1S/C16H22N2O3/c1-2-16(9-6-10-16)12-17-15(21)18(11-14(19)20)13-7-4-3-5-8-13/h3-5,7-8H,2,6,9-12H2,1H3,(H,17,21)(H,19,20). The minimum Gasteiger partial charge on any atom is -0.480 e. The Balaban J connectivity index is 2.02. The van der Waals surface area contributed by atoms with Crippen molar-refractivity contribution in [1.29, 1.82) is 0 Å². The first-order valence-corrected chi connectivity index (χ1v) is 7.38. The highest BCUT2D eigenvalue weighted by atomic mass is 16.4. The Hall–Kier alpha value is -2.04. The highest BCUT2D eigenvalue weighted by molar-refractivity contribution is 5.96. The molecular weight excluding hydrogens is 268 g/mol. The maximum absolute atomic E-state index is 12.3. The van der Waals surface area contributed by atoms with E-state index in [0.717, 1.165) is 19.3 Å². The summed E-state index contributed by atoms with van der Waals surface area (Å²) >= 11 is 0. The highest BCUT2D eigenvalue weighted by Gasteiger charge is 2.35. The first-order chi connectivity index (χ1) is 10.1. The van der Waals surface area contributed by atoms with E-state index < -0.39 is 5.97 Å². The molecule has 1 aliphatic rings. The van der Waals surface area contributed by atoms with Crippen LogP contribution in [0.15, 0.2) is 30.3 Å². The number of carbonyl (C=O) groups excluding carboxylic acids is 1. The molecular formula is C16H22N2O3. The second kappa shape index (κ2) is 6.61. The minimum atomic E-state index is -1.03. The second-order valence-electron chi connectivity index (χ2n) is 5.68. The van der Waals surface area contributed by atoms with Crippen LogP contribution >= 0.6 is 0 Å². The molecule has 2 N–H and O–H groups in total. The molecule has 0 heterocycles. The van der Waals surface area contributed by atoms with Gasteiger partial charge in [-0.15, -0.1) is 0 Å². The van der Waals surface area contributed by atoms with Crippen LogP contribution in [0.4, 0.5) is 10.5 Å². The number of para-hydroxylation sites is 1. The van der Waals surface area contributed by atoms with Gasteiger partial charge in [0.15, 0.2) is 0 Å². The summed E-state index contributed by atoms with van der Waals surface area (Å²) in [4.78, 5) is 24.6. The number of carbonyl (C=O) groups is 2. The van der Waals surface area contributed by atoms with Crippen LogP contribution in [-0.2, 0) is 4.79 Å². The molecule has 114 valence electrons. The van der Waals surface area contributed by atoms with E-state index in [1.165, 1.54) is 11.3 Å². The summed E-state index contributed by atoms with van der Waals surface area (Å²) in [6.45, 7) is 2.41. The summed E-state index contributed by atoms with van der Waals surface area (Å²) in [5, 5.41) is 11.9. The molecule has 0 aliphatic heterocycles. The van der Waals surface area contributed by atoms with Crippen LogP contribution in [-0.4, -0.2) is 30.2 Å². The molecule has 0 aromatic heterocycles. The van der Waals surface area contributed by atoms with Gasteiger partial charge < -0.3 is 10.4 Å². The Morgan fingerprint density at radius 2 is 1.95 bits per heavy atom. The molecule has 1 aromatic rings. The van der Waals surface area contributed by atoms with Crippen molar-refractivity contribution in [3.05, 3.63) is 30.3 Å². The van der Waals surface area contributed by atoms with Crippen molar-refractivity contribution in [2.75, 3.05) is 18.0 Å². The smallest absolute Gasteiger partial charge is 0.323 e. The van der Waals surface area contributed by atoms with Crippen LogP contribution in [0.3, 0.4) is 0 Å². The van der Waals surface area contributed by atoms with Crippen LogP contribution in [0, 0.1) is 5.41 Å². The number of aliphatic carboxylic acids is 1. The van der Waals surface area contributed by atoms with E-state index in [-0.39, 0.29) is 18.0 Å². The van der Waals surface area contributed by atoms with Gasteiger partial charge in [-0.1, -0.05) is 31.5 Å². The van der Waals surface area contributed by atoms with Crippen molar-refractivity contribution in [2.24, 2.45) is 5.41 Å². The monoisotopic (exact) mass is 290 g/mol. The van der Waals surface area contributed by atoms with Crippen LogP contribution < -0.4 is 10.2 Å². The fraction of sp³-hybridized carbons (Fsp3) is 0.500. The summed E-state index contributed by atoms with van der Waals surface area (Å²) in [6.07, 6.45) is 4.51. The molecule has 0 unspecified atom stereocenters. The van der Waals surface area contributed by atoms with Gasteiger partial charge >= 0.3 is 12.0 Å². The third-order valence-corrected chi connectivity index (χ3v) is 4.39. The molecule has 0 spiro atoms. The lowest BCUT2D eigenvalue weighted by atomic mass is 9.67. The number of nitrogens with zero attached hydrogens (tertiary/aromatic N) is 1. The lowest BCUT2D eigenvalue weighted by Crippen LogP contribution is -2.48. The number of urea groups is 1. The van der Waals surface area contributed by atoms with Crippen LogP contribution in [0.2, 0.25) is 0 Å². The third-order valence-electron chi connectivity index (χ3n) is 4.39. The Morgan fingerprint density at radius 1 is 1.29 bits per heavy atom. The van der Waals surface area contributed by atoms with E-state index >= 15 is 0 Å². The van der Waals surface area contributed by atoms with Gasteiger partial charge in [-0.05, 0) is 36.8 Å². The quantitative estimate of drug-likeness (QED) is 0.846. The van der Waals surface area contributed by atoms with Gasteiger partial charge in [-0.2, -0.15) is 0 Å². The van der Waals surface area contributed by atoms with Crippen LogP contribution in [0.25, 0.3) is 0 Å². The van der Waals surface area contributed by atoms with E-state index in [2.05, 4.69) is 12.2 Å². The molecule has 21 heavy (non-hydrogen) atoms. The molecule has 1 fully saturated rings. The first-order valence-electron chi connectivity index (χ1n) is 7.38. The van der Waals surface area contributed by atoms with Gasteiger partial charge in [-0.3, -0.25) is 9.69 Å². The van der Waals surface area contributed by atoms with Gasteiger partial charge in [0.2, 0.25) is 0 Å².